The summed E-state index contributed by atoms with van der Waals surface area (Å²) in [6.45, 7) is 5.12. The van der Waals surface area contributed by atoms with Crippen LogP contribution < -0.4 is 0 Å². The van der Waals surface area contributed by atoms with Crippen LogP contribution in [0.2, 0.25) is 0 Å². The van der Waals surface area contributed by atoms with Gasteiger partial charge in [-0.3, -0.25) is 0 Å². The number of amides is 1. The topological polar surface area (TPSA) is 234 Å². The average molecular weight is 1980 g/mol. The fraction of sp³-hybridized carbons (Fsp3) is 0.336. The maximum atomic E-state index is 14.7. The quantitative estimate of drug-likeness (QED) is 0.0275. The minimum Gasteiger partial charge on any atom is -0.445 e. The van der Waals surface area contributed by atoms with Crippen LogP contribution in [0.1, 0.15) is 78.7 Å². The first-order valence-electron chi connectivity index (χ1n) is 50.4. The second-order valence-corrected chi connectivity index (χ2v) is 36.6. The summed E-state index contributed by atoms with van der Waals surface area (Å²) in [7, 11) is 0. The van der Waals surface area contributed by atoms with Gasteiger partial charge in [-0.25, -0.2) is 4.79 Å². The second kappa shape index (κ2) is 57.4. The highest BCUT2D eigenvalue weighted by Gasteiger charge is 2.60. The summed E-state index contributed by atoms with van der Waals surface area (Å²) in [6.07, 6.45) is -24.2. The van der Waals surface area contributed by atoms with Gasteiger partial charge in [0.15, 0.2) is 25.2 Å². The van der Waals surface area contributed by atoms with Gasteiger partial charge in [0.2, 0.25) is 0 Å². The van der Waals surface area contributed by atoms with Gasteiger partial charge in [0.1, 0.15) is 104 Å². The Balaban J connectivity index is 0.828. The first-order chi connectivity index (χ1) is 72.2. The number of hydrogen-bond acceptors (Lipinski definition) is 23. The van der Waals surface area contributed by atoms with Gasteiger partial charge < -0.3 is 109 Å². The molecule has 0 saturated carbocycles. The standard InChI is InChI=1S/C122H131NO23/c1-2-70-130-111-106(124)118(140-102(85-126-73-90-45-18-4-19-46-90)107(111)132-77-94-53-26-8-27-54-94)144-114-110(135-80-97-59-32-11-33-60-97)105(88-129-76-93-51-24-7-25-52-93)142-120(115(114)138-83-100-65-38-14-39-66-100)146-117-113(137-82-99-63-36-13-37-64-99)109(134-79-96-57-30-10-31-58-96)104(87-128-75-92-49-22-6-23-50-92)143-121(117)145-116-112(136-81-98-61-34-12-35-62-98)108(133-78-95-55-28-9-29-56-95)103(86-127-74-91-47-20-5-21-48-91)141-119(116)131-71-42-69-123(72-89-43-16-3-17-44-89)122(125)139-84-101-67-40-15-41-68-101/h2-41,43-68,102-121,124H,1,42,69-88H2/t102-,103-,104-,105-,106-,107-,108-,109-,110-,111-,112+,113+,114+,115+,116+,117+,118-,119+,120-,121-/m1/s1. The van der Waals surface area contributed by atoms with Crippen molar-refractivity contribution in [3.8, 4) is 0 Å². The lowest BCUT2D eigenvalue weighted by Crippen LogP contribution is -2.69. The van der Waals surface area contributed by atoms with Crippen molar-refractivity contribution < 1.29 is 109 Å². The summed E-state index contributed by atoms with van der Waals surface area (Å²) in [5.74, 6) is 0. The molecule has 1 N–H and O–H groups in total. The third-order valence-corrected chi connectivity index (χ3v) is 25.8. The summed E-state index contributed by atoms with van der Waals surface area (Å²) < 4.78 is 155. The highest BCUT2D eigenvalue weighted by Crippen LogP contribution is 2.42. The molecule has 4 aliphatic heterocycles. The SMILES string of the molecule is C=CCO[C@@H]1[C@@H](O)[C@@H](O[C@@H]2[C@H](OCc3ccccc3)[C@@H](O[C@@H]3[C@@H](O[C@@H]4[C@@H](OCCCN(Cc5ccccc5)C(=O)OCc5ccccc5)O[C@H](COCc5ccccc5)[C@@H](OCc5ccccc5)[C@@H]4OCc4ccccc4)O[C@H](COCc4ccccc4)[C@@H](OCc4ccccc4)[C@@H]3OCc3ccccc3)O[C@H](COCc3ccccc3)[C@H]2OCc2ccccc2)O[C@H](COCc2ccccc2)[C@H]1OCc1ccccc1. The van der Waals surface area contributed by atoms with Gasteiger partial charge in [-0.15, -0.1) is 6.58 Å². The van der Waals surface area contributed by atoms with Gasteiger partial charge in [-0.05, 0) is 78.7 Å². The Labute approximate surface area is 856 Å². The Morgan fingerprint density at radius 1 is 0.253 bits per heavy atom. The molecule has 762 valence electrons. The summed E-state index contributed by atoms with van der Waals surface area (Å²) in [5, 5.41) is 13.7. The van der Waals surface area contributed by atoms with E-state index in [9.17, 15) is 9.90 Å². The minimum absolute atomic E-state index is 0.000141. The normalized spacial score (nSPS) is 24.1. The van der Waals surface area contributed by atoms with E-state index in [1.54, 1.807) is 11.0 Å². The highest BCUT2D eigenvalue weighted by molar-refractivity contribution is 5.67. The van der Waals surface area contributed by atoms with Crippen molar-refractivity contribution in [1.29, 1.82) is 0 Å². The van der Waals surface area contributed by atoms with E-state index in [4.69, 9.17) is 99.5 Å². The van der Waals surface area contributed by atoms with Crippen LogP contribution in [0.25, 0.3) is 0 Å². The van der Waals surface area contributed by atoms with E-state index >= 15 is 0 Å². The smallest absolute Gasteiger partial charge is 0.410 e. The number of carbonyl (C=O) groups is 1. The average Bonchev–Trinajstić information content (AvgIpc) is 0.778. The fourth-order valence-electron chi connectivity index (χ4n) is 18.3. The van der Waals surface area contributed by atoms with Crippen LogP contribution in [0.5, 0.6) is 0 Å². The van der Waals surface area contributed by atoms with Crippen LogP contribution in [-0.4, -0.2) is 185 Å². The van der Waals surface area contributed by atoms with Crippen molar-refractivity contribution in [1.82, 2.24) is 4.90 Å². The number of ether oxygens (including phenoxy) is 21. The maximum Gasteiger partial charge on any atom is 0.410 e. The molecule has 1 amide bonds. The van der Waals surface area contributed by atoms with E-state index in [-0.39, 0.29) is 138 Å². The molecule has 4 saturated heterocycles. The number of aliphatic hydroxyl groups is 1. The molecular formula is C122H131NO23. The molecule has 4 aliphatic rings. The maximum absolute atomic E-state index is 14.7. The number of benzene rings is 13. The highest BCUT2D eigenvalue weighted by atomic mass is 16.8. The summed E-state index contributed by atoms with van der Waals surface area (Å²) in [4.78, 5) is 16.4. The van der Waals surface area contributed by atoms with E-state index in [1.165, 1.54) is 0 Å². The Morgan fingerprint density at radius 2 is 0.493 bits per heavy atom. The number of nitrogens with zero attached hydrogens (tertiary/aromatic N) is 1. The van der Waals surface area contributed by atoms with E-state index in [0.29, 0.717) is 0 Å². The number of rotatable bonds is 55. The van der Waals surface area contributed by atoms with Gasteiger partial charge in [0.25, 0.3) is 0 Å². The van der Waals surface area contributed by atoms with Gasteiger partial charge in [0.05, 0.1) is 112 Å². The Kier molecular flexibility index (Phi) is 41.4. The molecule has 0 aliphatic carbocycles. The molecule has 0 aromatic heterocycles. The summed E-state index contributed by atoms with van der Waals surface area (Å²) >= 11 is 0. The number of carbonyl (C=O) groups excluding carboxylic acids is 1. The van der Waals surface area contributed by atoms with Crippen LogP contribution in [0.3, 0.4) is 0 Å². The zero-order valence-electron chi connectivity index (χ0n) is 82.1. The Hall–Kier alpha value is -12.0. The van der Waals surface area contributed by atoms with Crippen molar-refractivity contribution in [2.24, 2.45) is 0 Å². The van der Waals surface area contributed by atoms with E-state index < -0.39 is 129 Å². The minimum atomic E-state index is -1.64. The number of aliphatic hydroxyl groups excluding tert-OH is 1. The number of hydrogen-bond donors (Lipinski definition) is 1. The first kappa shape index (κ1) is 105. The van der Waals surface area contributed by atoms with Crippen LogP contribution in [-0.2, 0) is 185 Å². The predicted octanol–water partition coefficient (Wildman–Crippen LogP) is 20.2. The van der Waals surface area contributed by atoms with Gasteiger partial charge in [0, 0.05) is 13.1 Å². The third kappa shape index (κ3) is 31.8. The summed E-state index contributed by atoms with van der Waals surface area (Å²) in [6, 6.07) is 128. The van der Waals surface area contributed by atoms with Crippen LogP contribution in [0.4, 0.5) is 4.79 Å². The molecule has 24 nitrogen and oxygen atoms in total. The first-order valence-corrected chi connectivity index (χ1v) is 50.4. The molecule has 0 spiro atoms. The van der Waals surface area contributed by atoms with Crippen molar-refractivity contribution in [3.05, 3.63) is 479 Å². The lowest BCUT2D eigenvalue weighted by Gasteiger charge is -2.52. The van der Waals surface area contributed by atoms with Gasteiger partial charge >= 0.3 is 6.09 Å². The largest absolute Gasteiger partial charge is 0.445 e. The van der Waals surface area contributed by atoms with E-state index in [0.717, 1.165) is 72.3 Å². The van der Waals surface area contributed by atoms with E-state index in [1.807, 2.05) is 394 Å². The Morgan fingerprint density at radius 3 is 0.808 bits per heavy atom. The molecule has 0 unspecified atom stereocenters. The van der Waals surface area contributed by atoms with Crippen LogP contribution >= 0.6 is 0 Å². The molecule has 146 heavy (non-hydrogen) atoms. The molecule has 0 radical (unpaired) electrons. The fourth-order valence-corrected chi connectivity index (χ4v) is 18.3. The third-order valence-electron chi connectivity index (χ3n) is 25.8. The molecule has 13 aromatic carbocycles. The van der Waals surface area contributed by atoms with Crippen molar-refractivity contribution >= 4 is 6.09 Å². The molecule has 17 rings (SSSR count). The van der Waals surface area contributed by atoms with Crippen LogP contribution in [0.15, 0.2) is 407 Å². The molecule has 0 bridgehead atoms. The zero-order valence-corrected chi connectivity index (χ0v) is 82.1. The molecule has 24 heteroatoms. The lowest BCUT2D eigenvalue weighted by atomic mass is 9.94. The second-order valence-electron chi connectivity index (χ2n) is 36.6. The van der Waals surface area contributed by atoms with Crippen molar-refractivity contribution in [3.63, 3.8) is 0 Å². The van der Waals surface area contributed by atoms with Crippen LogP contribution in [0, 0.1) is 0 Å². The predicted molar refractivity (Wildman–Crippen MR) is 549 cm³/mol. The van der Waals surface area contributed by atoms with Gasteiger partial charge in [-0.1, -0.05) is 400 Å². The van der Waals surface area contributed by atoms with Gasteiger partial charge in [-0.2, -0.15) is 0 Å². The Bertz CT molecular complexity index is 5790. The van der Waals surface area contributed by atoms with E-state index in [2.05, 4.69) is 6.58 Å². The van der Waals surface area contributed by atoms with Crippen molar-refractivity contribution in [2.45, 2.75) is 215 Å². The monoisotopic (exact) mass is 1980 g/mol. The van der Waals surface area contributed by atoms with Crippen molar-refractivity contribution in [2.75, 3.05) is 46.2 Å². The molecule has 20 atom stereocenters. The molecule has 4 fully saturated rings. The summed E-state index contributed by atoms with van der Waals surface area (Å²) in [5.41, 5.74) is 11.2. The molecule has 13 aromatic rings. The molecule has 4 heterocycles. The molecular weight excluding hydrogens is 1850 g/mol. The zero-order chi connectivity index (χ0) is 99.6. The lowest BCUT2D eigenvalue weighted by molar-refractivity contribution is -0.412.